The number of hydrogen-bond acceptors (Lipinski definition) is 1. The van der Waals surface area contributed by atoms with Crippen LogP contribution in [0.25, 0.3) is 0 Å². The standard InChI is InChI=1S/C12H17Cl2N/c1-8(2)12(15-3)6-9-4-5-10(13)7-11(9)14/h4-5,7-8,12,15H,6H2,1-3H3. The Labute approximate surface area is 102 Å². The Morgan fingerprint density at radius 2 is 1.93 bits per heavy atom. The predicted molar refractivity (Wildman–Crippen MR) is 67.9 cm³/mol. The summed E-state index contributed by atoms with van der Waals surface area (Å²) in [4.78, 5) is 0. The van der Waals surface area contributed by atoms with E-state index >= 15 is 0 Å². The molecule has 3 heteroatoms. The van der Waals surface area contributed by atoms with Gasteiger partial charge in [0.1, 0.15) is 0 Å². The molecule has 15 heavy (non-hydrogen) atoms. The Morgan fingerprint density at radius 3 is 2.40 bits per heavy atom. The first kappa shape index (κ1) is 12.8. The molecule has 0 aromatic heterocycles. The molecule has 0 bridgehead atoms. The molecule has 0 aliphatic heterocycles. The molecule has 1 rings (SSSR count). The number of nitrogens with one attached hydrogen (secondary N) is 1. The lowest BCUT2D eigenvalue weighted by molar-refractivity contribution is 0.424. The highest BCUT2D eigenvalue weighted by Gasteiger charge is 2.13. The monoisotopic (exact) mass is 245 g/mol. The third-order valence-corrected chi connectivity index (χ3v) is 3.22. The number of likely N-dealkylation sites (N-methyl/N-ethyl adjacent to an activating group) is 1. The van der Waals surface area contributed by atoms with E-state index in [1.165, 1.54) is 0 Å². The molecule has 0 aliphatic rings. The van der Waals surface area contributed by atoms with Crippen LogP contribution in [0.1, 0.15) is 19.4 Å². The van der Waals surface area contributed by atoms with Gasteiger partial charge in [0, 0.05) is 16.1 Å². The molecule has 1 unspecified atom stereocenters. The van der Waals surface area contributed by atoms with Crippen molar-refractivity contribution in [3.63, 3.8) is 0 Å². The van der Waals surface area contributed by atoms with Gasteiger partial charge >= 0.3 is 0 Å². The van der Waals surface area contributed by atoms with Crippen LogP contribution in [0.5, 0.6) is 0 Å². The molecular weight excluding hydrogens is 229 g/mol. The minimum atomic E-state index is 0.448. The molecule has 0 amide bonds. The summed E-state index contributed by atoms with van der Waals surface area (Å²) in [5.41, 5.74) is 1.15. The second-order valence-electron chi connectivity index (χ2n) is 4.08. The summed E-state index contributed by atoms with van der Waals surface area (Å²) >= 11 is 12.0. The summed E-state index contributed by atoms with van der Waals surface area (Å²) < 4.78 is 0. The highest BCUT2D eigenvalue weighted by Crippen LogP contribution is 2.23. The van der Waals surface area contributed by atoms with E-state index in [-0.39, 0.29) is 0 Å². The first-order chi connectivity index (χ1) is 7.04. The number of halogens is 2. The Morgan fingerprint density at radius 1 is 1.27 bits per heavy atom. The maximum absolute atomic E-state index is 6.12. The lowest BCUT2D eigenvalue weighted by atomic mass is 9.97. The Bertz CT molecular complexity index is 323. The van der Waals surface area contributed by atoms with Crippen molar-refractivity contribution in [3.05, 3.63) is 33.8 Å². The summed E-state index contributed by atoms with van der Waals surface area (Å²) in [7, 11) is 1.98. The summed E-state index contributed by atoms with van der Waals surface area (Å²) in [5, 5.41) is 4.74. The SMILES string of the molecule is CNC(Cc1ccc(Cl)cc1Cl)C(C)C. The van der Waals surface area contributed by atoms with Crippen molar-refractivity contribution in [1.82, 2.24) is 5.32 Å². The summed E-state index contributed by atoms with van der Waals surface area (Å²) in [6, 6.07) is 6.13. The lowest BCUT2D eigenvalue weighted by Gasteiger charge is -2.20. The Balaban J connectivity index is 2.79. The van der Waals surface area contributed by atoms with Gasteiger partial charge in [-0.1, -0.05) is 43.1 Å². The zero-order valence-corrected chi connectivity index (χ0v) is 10.9. The van der Waals surface area contributed by atoms with Crippen molar-refractivity contribution >= 4 is 23.2 Å². The normalized spacial score (nSPS) is 13.2. The van der Waals surface area contributed by atoms with Crippen molar-refractivity contribution in [2.45, 2.75) is 26.3 Å². The summed E-state index contributed by atoms with van der Waals surface area (Å²) in [5.74, 6) is 0.585. The van der Waals surface area contributed by atoms with Crippen LogP contribution in [0.15, 0.2) is 18.2 Å². The van der Waals surface area contributed by atoms with Gasteiger partial charge in [-0.25, -0.2) is 0 Å². The fourth-order valence-electron chi connectivity index (χ4n) is 1.60. The third-order valence-electron chi connectivity index (χ3n) is 2.63. The smallest absolute Gasteiger partial charge is 0.0453 e. The van der Waals surface area contributed by atoms with E-state index in [1.54, 1.807) is 6.07 Å². The average molecular weight is 246 g/mol. The maximum atomic E-state index is 6.12. The molecule has 0 fully saturated rings. The van der Waals surface area contributed by atoms with E-state index in [0.29, 0.717) is 17.0 Å². The van der Waals surface area contributed by atoms with Gasteiger partial charge in [-0.3, -0.25) is 0 Å². The van der Waals surface area contributed by atoms with Gasteiger partial charge in [-0.15, -0.1) is 0 Å². The highest BCUT2D eigenvalue weighted by molar-refractivity contribution is 6.35. The van der Waals surface area contributed by atoms with Crippen molar-refractivity contribution in [3.8, 4) is 0 Å². The number of rotatable bonds is 4. The molecule has 0 heterocycles. The highest BCUT2D eigenvalue weighted by atomic mass is 35.5. The third kappa shape index (κ3) is 3.67. The van der Waals surface area contributed by atoms with Crippen LogP contribution >= 0.6 is 23.2 Å². The van der Waals surface area contributed by atoms with Gasteiger partial charge in [0.15, 0.2) is 0 Å². The molecule has 1 aromatic rings. The molecular formula is C12H17Cl2N. The number of benzene rings is 1. The quantitative estimate of drug-likeness (QED) is 0.852. The van der Waals surface area contributed by atoms with E-state index in [0.717, 1.165) is 17.0 Å². The van der Waals surface area contributed by atoms with Crippen LogP contribution in [0.4, 0.5) is 0 Å². The van der Waals surface area contributed by atoms with E-state index in [9.17, 15) is 0 Å². The van der Waals surface area contributed by atoms with Crippen LogP contribution in [-0.4, -0.2) is 13.1 Å². The molecule has 0 saturated carbocycles. The zero-order chi connectivity index (χ0) is 11.4. The molecule has 0 saturated heterocycles. The first-order valence-corrected chi connectivity index (χ1v) is 5.91. The fourth-order valence-corrected chi connectivity index (χ4v) is 2.08. The van der Waals surface area contributed by atoms with Crippen LogP contribution in [-0.2, 0) is 6.42 Å². The van der Waals surface area contributed by atoms with Gasteiger partial charge in [0.05, 0.1) is 0 Å². The van der Waals surface area contributed by atoms with Gasteiger partial charge in [-0.2, -0.15) is 0 Å². The molecule has 1 nitrogen and oxygen atoms in total. The molecule has 0 spiro atoms. The van der Waals surface area contributed by atoms with E-state index < -0.39 is 0 Å². The molecule has 84 valence electrons. The minimum absolute atomic E-state index is 0.448. The Kier molecular flexibility index (Phi) is 4.91. The van der Waals surface area contributed by atoms with Gasteiger partial charge < -0.3 is 5.32 Å². The Hall–Kier alpha value is -0.240. The molecule has 1 N–H and O–H groups in total. The van der Waals surface area contributed by atoms with Crippen LogP contribution in [0.2, 0.25) is 10.0 Å². The second-order valence-corrected chi connectivity index (χ2v) is 4.92. The molecule has 1 aromatic carbocycles. The topological polar surface area (TPSA) is 12.0 Å². The van der Waals surface area contributed by atoms with Gasteiger partial charge in [0.25, 0.3) is 0 Å². The van der Waals surface area contributed by atoms with Crippen molar-refractivity contribution in [1.29, 1.82) is 0 Å². The largest absolute Gasteiger partial charge is 0.316 e. The second kappa shape index (κ2) is 5.74. The van der Waals surface area contributed by atoms with Gasteiger partial charge in [-0.05, 0) is 37.1 Å². The molecule has 0 aliphatic carbocycles. The summed E-state index contributed by atoms with van der Waals surface area (Å²) in [6.45, 7) is 4.40. The lowest BCUT2D eigenvalue weighted by Crippen LogP contribution is -2.32. The average Bonchev–Trinajstić information content (AvgIpc) is 2.16. The van der Waals surface area contributed by atoms with Crippen LogP contribution in [0, 0.1) is 5.92 Å². The van der Waals surface area contributed by atoms with Crippen molar-refractivity contribution in [2.24, 2.45) is 5.92 Å². The zero-order valence-electron chi connectivity index (χ0n) is 9.35. The number of hydrogen-bond donors (Lipinski definition) is 1. The maximum Gasteiger partial charge on any atom is 0.0453 e. The summed E-state index contributed by atoms with van der Waals surface area (Å²) in [6.07, 6.45) is 0.935. The van der Waals surface area contributed by atoms with E-state index in [1.807, 2.05) is 19.2 Å². The van der Waals surface area contributed by atoms with Crippen LogP contribution < -0.4 is 5.32 Å². The minimum Gasteiger partial charge on any atom is -0.316 e. The van der Waals surface area contributed by atoms with Crippen molar-refractivity contribution in [2.75, 3.05) is 7.05 Å². The van der Waals surface area contributed by atoms with Crippen molar-refractivity contribution < 1.29 is 0 Å². The predicted octanol–water partition coefficient (Wildman–Crippen LogP) is 3.78. The van der Waals surface area contributed by atoms with E-state index in [4.69, 9.17) is 23.2 Å². The van der Waals surface area contributed by atoms with E-state index in [2.05, 4.69) is 19.2 Å². The van der Waals surface area contributed by atoms with Crippen LogP contribution in [0.3, 0.4) is 0 Å². The fraction of sp³-hybridized carbons (Fsp3) is 0.500. The van der Waals surface area contributed by atoms with Gasteiger partial charge in [0.2, 0.25) is 0 Å². The molecule has 1 atom stereocenters. The molecule has 0 radical (unpaired) electrons. The first-order valence-electron chi connectivity index (χ1n) is 5.15.